The van der Waals surface area contributed by atoms with Gasteiger partial charge in [0.15, 0.2) is 0 Å². The van der Waals surface area contributed by atoms with Crippen molar-refractivity contribution in [3.8, 4) is 0 Å². The molecule has 0 spiro atoms. The molecule has 5 nitrogen and oxygen atoms in total. The first-order chi connectivity index (χ1) is 7.49. The standard InChI is InChI=1S/C11H20N4O/c1-9(2)12-5-10-6-15(8-13-10)7-11(16)14(3)4/h6,8-9,12H,5,7H2,1-4H3. The number of imidazole rings is 1. The Bertz CT molecular complexity index is 344. The lowest BCUT2D eigenvalue weighted by Crippen LogP contribution is -2.25. The average molecular weight is 224 g/mol. The van der Waals surface area contributed by atoms with Crippen LogP contribution in [0.2, 0.25) is 0 Å². The van der Waals surface area contributed by atoms with Crippen LogP contribution >= 0.6 is 0 Å². The van der Waals surface area contributed by atoms with E-state index in [1.54, 1.807) is 29.9 Å². The molecule has 0 atom stereocenters. The van der Waals surface area contributed by atoms with Crippen molar-refractivity contribution in [2.75, 3.05) is 14.1 Å². The van der Waals surface area contributed by atoms with Gasteiger partial charge in [-0.15, -0.1) is 0 Å². The van der Waals surface area contributed by atoms with Crippen LogP contribution in [-0.2, 0) is 17.9 Å². The van der Waals surface area contributed by atoms with E-state index in [2.05, 4.69) is 24.1 Å². The third-order valence-corrected chi connectivity index (χ3v) is 2.19. The molecular formula is C11H20N4O. The van der Waals surface area contributed by atoms with E-state index in [0.29, 0.717) is 12.6 Å². The van der Waals surface area contributed by atoms with Gasteiger partial charge in [0.25, 0.3) is 0 Å². The predicted octanol–water partition coefficient (Wildman–Crippen LogP) is 0.469. The summed E-state index contributed by atoms with van der Waals surface area (Å²) in [6, 6.07) is 0.438. The normalized spacial score (nSPS) is 10.8. The summed E-state index contributed by atoms with van der Waals surface area (Å²) in [4.78, 5) is 17.3. The highest BCUT2D eigenvalue weighted by Crippen LogP contribution is 1.97. The number of carbonyl (C=O) groups is 1. The molecule has 1 aromatic heterocycles. The van der Waals surface area contributed by atoms with Crippen molar-refractivity contribution < 1.29 is 4.79 Å². The monoisotopic (exact) mass is 224 g/mol. The Morgan fingerprint density at radius 3 is 2.81 bits per heavy atom. The van der Waals surface area contributed by atoms with E-state index in [1.807, 2.05) is 6.20 Å². The van der Waals surface area contributed by atoms with Crippen LogP contribution in [0, 0.1) is 0 Å². The molecule has 5 heteroatoms. The fraction of sp³-hybridized carbons (Fsp3) is 0.636. The van der Waals surface area contributed by atoms with Crippen molar-refractivity contribution in [1.29, 1.82) is 0 Å². The Morgan fingerprint density at radius 1 is 1.56 bits per heavy atom. The maximum absolute atomic E-state index is 11.4. The summed E-state index contributed by atoms with van der Waals surface area (Å²) >= 11 is 0. The molecule has 1 heterocycles. The molecule has 1 N–H and O–H groups in total. The summed E-state index contributed by atoms with van der Waals surface area (Å²) in [6.45, 7) is 5.27. The van der Waals surface area contributed by atoms with E-state index in [-0.39, 0.29) is 5.91 Å². The molecule has 0 aliphatic carbocycles. The SMILES string of the molecule is CC(C)NCc1cn(CC(=O)N(C)C)cn1. The average Bonchev–Trinajstić information content (AvgIpc) is 2.62. The van der Waals surface area contributed by atoms with Gasteiger partial charge in [-0.3, -0.25) is 4.79 Å². The molecule has 0 fully saturated rings. The van der Waals surface area contributed by atoms with Crippen LogP contribution < -0.4 is 5.32 Å². The van der Waals surface area contributed by atoms with Gasteiger partial charge in [0.2, 0.25) is 5.91 Å². The summed E-state index contributed by atoms with van der Waals surface area (Å²) in [5.74, 6) is 0.0702. The van der Waals surface area contributed by atoms with Crippen LogP contribution in [0.4, 0.5) is 0 Å². The second-order valence-electron chi connectivity index (χ2n) is 4.36. The van der Waals surface area contributed by atoms with E-state index in [4.69, 9.17) is 0 Å². The molecule has 0 aliphatic heterocycles. The lowest BCUT2D eigenvalue weighted by Gasteiger charge is -2.09. The Balaban J connectivity index is 2.48. The summed E-state index contributed by atoms with van der Waals surface area (Å²) in [7, 11) is 3.50. The molecule has 0 radical (unpaired) electrons. The highest BCUT2D eigenvalue weighted by Gasteiger charge is 2.06. The van der Waals surface area contributed by atoms with Crippen molar-refractivity contribution in [2.24, 2.45) is 0 Å². The largest absolute Gasteiger partial charge is 0.347 e. The van der Waals surface area contributed by atoms with Crippen LogP contribution in [-0.4, -0.2) is 40.5 Å². The molecule has 1 rings (SSSR count). The lowest BCUT2D eigenvalue weighted by molar-refractivity contribution is -0.129. The number of rotatable bonds is 5. The second-order valence-corrected chi connectivity index (χ2v) is 4.36. The minimum atomic E-state index is 0.0702. The number of aromatic nitrogens is 2. The predicted molar refractivity (Wildman–Crippen MR) is 62.9 cm³/mol. The topological polar surface area (TPSA) is 50.2 Å². The van der Waals surface area contributed by atoms with Gasteiger partial charge in [-0.05, 0) is 0 Å². The number of carbonyl (C=O) groups excluding carboxylic acids is 1. The zero-order valence-corrected chi connectivity index (χ0v) is 10.4. The van der Waals surface area contributed by atoms with Gasteiger partial charge in [-0.25, -0.2) is 4.98 Å². The van der Waals surface area contributed by atoms with E-state index < -0.39 is 0 Å². The highest BCUT2D eigenvalue weighted by atomic mass is 16.2. The fourth-order valence-electron chi connectivity index (χ4n) is 1.19. The van der Waals surface area contributed by atoms with Gasteiger partial charge in [0.1, 0.15) is 6.54 Å². The van der Waals surface area contributed by atoms with Gasteiger partial charge in [0.05, 0.1) is 12.0 Å². The Morgan fingerprint density at radius 2 is 2.25 bits per heavy atom. The third kappa shape index (κ3) is 4.02. The zero-order chi connectivity index (χ0) is 12.1. The van der Waals surface area contributed by atoms with Gasteiger partial charge in [0, 0.05) is 32.9 Å². The molecule has 16 heavy (non-hydrogen) atoms. The summed E-state index contributed by atoms with van der Waals surface area (Å²) < 4.78 is 1.81. The lowest BCUT2D eigenvalue weighted by atomic mass is 10.3. The first-order valence-electron chi connectivity index (χ1n) is 5.43. The summed E-state index contributed by atoms with van der Waals surface area (Å²) in [5.41, 5.74) is 0.959. The Hall–Kier alpha value is -1.36. The minimum absolute atomic E-state index is 0.0702. The molecule has 1 aromatic rings. The molecule has 0 aromatic carbocycles. The number of hydrogen-bond acceptors (Lipinski definition) is 3. The van der Waals surface area contributed by atoms with Crippen LogP contribution in [0.25, 0.3) is 0 Å². The molecule has 0 aliphatic rings. The number of nitrogens with one attached hydrogen (secondary N) is 1. The van der Waals surface area contributed by atoms with Gasteiger partial charge in [-0.2, -0.15) is 0 Å². The smallest absolute Gasteiger partial charge is 0.242 e. The quantitative estimate of drug-likeness (QED) is 0.791. The van der Waals surface area contributed by atoms with Crippen molar-refractivity contribution >= 4 is 5.91 Å². The number of nitrogens with zero attached hydrogens (tertiary/aromatic N) is 3. The minimum Gasteiger partial charge on any atom is -0.347 e. The van der Waals surface area contributed by atoms with E-state index in [9.17, 15) is 4.79 Å². The second kappa shape index (κ2) is 5.65. The molecule has 1 amide bonds. The van der Waals surface area contributed by atoms with E-state index in [1.165, 1.54) is 0 Å². The zero-order valence-electron chi connectivity index (χ0n) is 10.4. The maximum Gasteiger partial charge on any atom is 0.242 e. The number of amides is 1. The molecule has 0 saturated heterocycles. The molecule has 90 valence electrons. The van der Waals surface area contributed by atoms with Gasteiger partial charge < -0.3 is 14.8 Å². The number of likely N-dealkylation sites (N-methyl/N-ethyl adjacent to an activating group) is 1. The molecular weight excluding hydrogens is 204 g/mol. The van der Waals surface area contributed by atoms with Gasteiger partial charge in [-0.1, -0.05) is 13.8 Å². The summed E-state index contributed by atoms with van der Waals surface area (Å²) in [6.07, 6.45) is 3.59. The van der Waals surface area contributed by atoms with Crippen LogP contribution in [0.1, 0.15) is 19.5 Å². The van der Waals surface area contributed by atoms with Gasteiger partial charge >= 0.3 is 0 Å². The van der Waals surface area contributed by atoms with Crippen LogP contribution in [0.5, 0.6) is 0 Å². The highest BCUT2D eigenvalue weighted by molar-refractivity contribution is 5.75. The maximum atomic E-state index is 11.4. The number of hydrogen-bond donors (Lipinski definition) is 1. The van der Waals surface area contributed by atoms with Crippen molar-refractivity contribution in [1.82, 2.24) is 19.8 Å². The van der Waals surface area contributed by atoms with E-state index >= 15 is 0 Å². The summed E-state index contributed by atoms with van der Waals surface area (Å²) in [5, 5.41) is 3.28. The molecule has 0 saturated carbocycles. The Labute approximate surface area is 96.5 Å². The third-order valence-electron chi connectivity index (χ3n) is 2.19. The fourth-order valence-corrected chi connectivity index (χ4v) is 1.19. The van der Waals surface area contributed by atoms with Crippen molar-refractivity contribution in [3.63, 3.8) is 0 Å². The van der Waals surface area contributed by atoms with E-state index in [0.717, 1.165) is 12.2 Å². The van der Waals surface area contributed by atoms with Crippen LogP contribution in [0.15, 0.2) is 12.5 Å². The van der Waals surface area contributed by atoms with Crippen molar-refractivity contribution in [2.45, 2.75) is 33.0 Å². The van der Waals surface area contributed by atoms with Crippen LogP contribution in [0.3, 0.4) is 0 Å². The molecule has 0 bridgehead atoms. The van der Waals surface area contributed by atoms with Crippen molar-refractivity contribution in [3.05, 3.63) is 18.2 Å². The first-order valence-corrected chi connectivity index (χ1v) is 5.43. The molecule has 0 unspecified atom stereocenters. The Kier molecular flexibility index (Phi) is 4.49. The first kappa shape index (κ1) is 12.7.